The average Bonchev–Trinajstić information content (AvgIpc) is 3.33. The van der Waals surface area contributed by atoms with Crippen LogP contribution in [0.1, 0.15) is 36.3 Å². The number of aliphatic carboxylic acids is 1. The van der Waals surface area contributed by atoms with Crippen molar-refractivity contribution in [1.82, 2.24) is 4.90 Å². The van der Waals surface area contributed by atoms with E-state index in [1.807, 2.05) is 24.3 Å². The number of carbonyl (C=O) groups is 2. The number of amides is 1. The van der Waals surface area contributed by atoms with Crippen LogP contribution in [0.4, 0.5) is 4.79 Å². The number of carboxylic acids is 1. The molecule has 1 amide bonds. The summed E-state index contributed by atoms with van der Waals surface area (Å²) in [6.07, 6.45) is 1.98. The molecule has 1 unspecified atom stereocenters. The van der Waals surface area contributed by atoms with E-state index in [4.69, 9.17) is 4.74 Å². The highest BCUT2D eigenvalue weighted by atomic mass is 16.6. The molecule has 5 rings (SSSR count). The second-order valence-corrected chi connectivity index (χ2v) is 8.25. The fourth-order valence-corrected chi connectivity index (χ4v) is 5.07. The summed E-state index contributed by atoms with van der Waals surface area (Å²) < 4.78 is 5.71. The third-order valence-electron chi connectivity index (χ3n) is 6.84. The molecular weight excluding hydrogens is 354 g/mol. The van der Waals surface area contributed by atoms with Gasteiger partial charge in [0, 0.05) is 19.0 Å². The predicted molar refractivity (Wildman–Crippen MR) is 104 cm³/mol. The van der Waals surface area contributed by atoms with Gasteiger partial charge in [0.25, 0.3) is 0 Å². The fourth-order valence-electron chi connectivity index (χ4n) is 5.07. The van der Waals surface area contributed by atoms with Crippen LogP contribution in [0.25, 0.3) is 11.1 Å². The van der Waals surface area contributed by atoms with E-state index in [1.54, 1.807) is 4.90 Å². The molecule has 28 heavy (non-hydrogen) atoms. The van der Waals surface area contributed by atoms with E-state index in [-0.39, 0.29) is 23.3 Å². The lowest BCUT2D eigenvalue weighted by Crippen LogP contribution is -2.40. The first kappa shape index (κ1) is 17.3. The molecule has 1 aliphatic heterocycles. The molecule has 5 heteroatoms. The van der Waals surface area contributed by atoms with Gasteiger partial charge in [0.05, 0.1) is 5.92 Å². The molecule has 1 atom stereocenters. The maximum absolute atomic E-state index is 12.6. The molecule has 1 spiro atoms. The van der Waals surface area contributed by atoms with E-state index in [0.29, 0.717) is 19.7 Å². The largest absolute Gasteiger partial charge is 0.481 e. The van der Waals surface area contributed by atoms with Crippen molar-refractivity contribution in [3.8, 4) is 11.1 Å². The number of rotatable bonds is 3. The van der Waals surface area contributed by atoms with Crippen molar-refractivity contribution in [3.63, 3.8) is 0 Å². The summed E-state index contributed by atoms with van der Waals surface area (Å²) in [6, 6.07) is 16.6. The lowest BCUT2D eigenvalue weighted by atomic mass is 9.91. The molecule has 1 heterocycles. The van der Waals surface area contributed by atoms with Crippen molar-refractivity contribution in [2.45, 2.75) is 25.2 Å². The summed E-state index contributed by atoms with van der Waals surface area (Å²) in [5.41, 5.74) is 4.76. The number of carboxylic acid groups (broad SMARTS) is 1. The average molecular weight is 377 g/mol. The van der Waals surface area contributed by atoms with Crippen LogP contribution in [0.2, 0.25) is 0 Å². The minimum Gasteiger partial charge on any atom is -0.481 e. The molecule has 1 N–H and O–H groups in total. The molecule has 2 aromatic rings. The van der Waals surface area contributed by atoms with E-state index >= 15 is 0 Å². The van der Waals surface area contributed by atoms with Gasteiger partial charge in [0.2, 0.25) is 0 Å². The van der Waals surface area contributed by atoms with Gasteiger partial charge in [-0.15, -0.1) is 0 Å². The van der Waals surface area contributed by atoms with E-state index in [9.17, 15) is 14.7 Å². The van der Waals surface area contributed by atoms with Crippen LogP contribution in [0.3, 0.4) is 0 Å². The third-order valence-corrected chi connectivity index (χ3v) is 6.84. The van der Waals surface area contributed by atoms with Crippen LogP contribution in [-0.4, -0.2) is 41.8 Å². The number of benzene rings is 2. The Labute approximate surface area is 163 Å². The van der Waals surface area contributed by atoms with Gasteiger partial charge >= 0.3 is 12.1 Å². The van der Waals surface area contributed by atoms with Crippen LogP contribution in [0, 0.1) is 11.3 Å². The fraction of sp³-hybridized carbons (Fsp3) is 0.391. The molecule has 0 radical (unpaired) electrons. The van der Waals surface area contributed by atoms with Crippen LogP contribution >= 0.6 is 0 Å². The summed E-state index contributed by atoms with van der Waals surface area (Å²) in [6.45, 7) is 1.49. The first-order chi connectivity index (χ1) is 13.6. The number of nitrogens with zero attached hydrogens (tertiary/aromatic N) is 1. The number of fused-ring (bicyclic) bond motifs is 3. The molecular formula is C23H23NO4. The molecule has 1 saturated heterocycles. The molecule has 2 fully saturated rings. The van der Waals surface area contributed by atoms with Crippen molar-refractivity contribution in [1.29, 1.82) is 0 Å². The Morgan fingerprint density at radius 3 is 2.11 bits per heavy atom. The zero-order chi connectivity index (χ0) is 19.3. The maximum Gasteiger partial charge on any atom is 0.409 e. The monoisotopic (exact) mass is 377 g/mol. The summed E-state index contributed by atoms with van der Waals surface area (Å²) >= 11 is 0. The summed E-state index contributed by atoms with van der Waals surface area (Å²) in [5, 5.41) is 9.21. The quantitative estimate of drug-likeness (QED) is 0.874. The van der Waals surface area contributed by atoms with Gasteiger partial charge in [-0.25, -0.2) is 4.79 Å². The predicted octanol–water partition coefficient (Wildman–Crippen LogP) is 4.12. The second kappa shape index (κ2) is 6.36. The summed E-state index contributed by atoms with van der Waals surface area (Å²) in [4.78, 5) is 25.5. The van der Waals surface area contributed by atoms with E-state index in [1.165, 1.54) is 22.3 Å². The maximum atomic E-state index is 12.6. The van der Waals surface area contributed by atoms with E-state index in [0.717, 1.165) is 19.3 Å². The van der Waals surface area contributed by atoms with Gasteiger partial charge < -0.3 is 14.7 Å². The Morgan fingerprint density at radius 2 is 1.57 bits per heavy atom. The highest BCUT2D eigenvalue weighted by Crippen LogP contribution is 2.59. The van der Waals surface area contributed by atoms with Crippen molar-refractivity contribution in [2.24, 2.45) is 11.3 Å². The van der Waals surface area contributed by atoms with Crippen LogP contribution < -0.4 is 0 Å². The smallest absolute Gasteiger partial charge is 0.409 e. The minimum absolute atomic E-state index is 0.0623. The first-order valence-corrected chi connectivity index (χ1v) is 9.92. The molecule has 1 saturated carbocycles. The number of carbonyl (C=O) groups excluding carboxylic acids is 1. The van der Waals surface area contributed by atoms with Gasteiger partial charge in [-0.3, -0.25) is 4.79 Å². The Balaban J connectivity index is 1.24. The van der Waals surface area contributed by atoms with Gasteiger partial charge in [-0.2, -0.15) is 0 Å². The Morgan fingerprint density at radius 1 is 1.00 bits per heavy atom. The van der Waals surface area contributed by atoms with Gasteiger partial charge in [0.15, 0.2) is 0 Å². The van der Waals surface area contributed by atoms with E-state index < -0.39 is 5.97 Å². The van der Waals surface area contributed by atoms with Gasteiger partial charge in [-0.05, 0) is 46.9 Å². The summed E-state index contributed by atoms with van der Waals surface area (Å²) in [7, 11) is 0. The first-order valence-electron chi connectivity index (χ1n) is 9.92. The number of hydrogen-bond donors (Lipinski definition) is 1. The Kier molecular flexibility index (Phi) is 3.93. The lowest BCUT2D eigenvalue weighted by Gasteiger charge is -2.32. The van der Waals surface area contributed by atoms with Crippen molar-refractivity contribution in [2.75, 3.05) is 19.7 Å². The molecule has 0 bridgehead atoms. The summed E-state index contributed by atoms with van der Waals surface area (Å²) in [5.74, 6) is -0.862. The van der Waals surface area contributed by atoms with Gasteiger partial charge in [-0.1, -0.05) is 48.5 Å². The van der Waals surface area contributed by atoms with Crippen LogP contribution in [-0.2, 0) is 9.53 Å². The minimum atomic E-state index is -0.699. The SMILES string of the molecule is O=C(O)C1CC12CCN(C(=O)OCC1c3ccccc3-c3ccccc31)CC2. The van der Waals surface area contributed by atoms with Gasteiger partial charge in [0.1, 0.15) is 6.61 Å². The second-order valence-electron chi connectivity index (χ2n) is 8.25. The zero-order valence-electron chi connectivity index (χ0n) is 15.6. The molecule has 2 aromatic carbocycles. The molecule has 5 nitrogen and oxygen atoms in total. The number of likely N-dealkylation sites (tertiary alicyclic amines) is 1. The lowest BCUT2D eigenvalue weighted by molar-refractivity contribution is -0.139. The normalized spacial score (nSPS) is 21.9. The standard InChI is InChI=1S/C23H23NO4/c25-21(26)20-13-23(20)9-11-24(12-10-23)22(27)28-14-19-17-7-3-1-5-15(17)16-6-2-4-8-18(16)19/h1-8,19-20H,9-14H2,(H,25,26). The van der Waals surface area contributed by atoms with Crippen LogP contribution in [0.5, 0.6) is 0 Å². The van der Waals surface area contributed by atoms with Crippen molar-refractivity contribution in [3.05, 3.63) is 59.7 Å². The number of hydrogen-bond acceptors (Lipinski definition) is 3. The Bertz CT molecular complexity index is 900. The number of ether oxygens (including phenoxy) is 1. The number of piperidine rings is 1. The Hall–Kier alpha value is -2.82. The van der Waals surface area contributed by atoms with E-state index in [2.05, 4.69) is 24.3 Å². The molecule has 0 aromatic heterocycles. The highest BCUT2D eigenvalue weighted by Gasteiger charge is 2.59. The third kappa shape index (κ3) is 2.68. The van der Waals surface area contributed by atoms with Crippen molar-refractivity contribution < 1.29 is 19.4 Å². The molecule has 2 aliphatic carbocycles. The molecule has 144 valence electrons. The zero-order valence-corrected chi connectivity index (χ0v) is 15.6. The van der Waals surface area contributed by atoms with Crippen LogP contribution in [0.15, 0.2) is 48.5 Å². The highest BCUT2D eigenvalue weighted by molar-refractivity contribution is 5.79. The van der Waals surface area contributed by atoms with Crippen molar-refractivity contribution >= 4 is 12.1 Å². The topological polar surface area (TPSA) is 66.8 Å². The molecule has 3 aliphatic rings.